The van der Waals surface area contributed by atoms with Gasteiger partial charge < -0.3 is 10.2 Å². The molecule has 1 fully saturated rings. The highest BCUT2D eigenvalue weighted by molar-refractivity contribution is 6.15. The van der Waals surface area contributed by atoms with Gasteiger partial charge in [-0.15, -0.1) is 0 Å². The van der Waals surface area contributed by atoms with E-state index in [9.17, 15) is 9.59 Å². The van der Waals surface area contributed by atoms with Gasteiger partial charge in [-0.05, 0) is 38.4 Å². The van der Waals surface area contributed by atoms with Crippen molar-refractivity contribution in [2.75, 3.05) is 26.7 Å². The molecule has 1 aliphatic rings. The molecule has 4 heteroatoms. The van der Waals surface area contributed by atoms with Crippen molar-refractivity contribution in [3.8, 4) is 0 Å². The lowest BCUT2D eigenvalue weighted by Gasteiger charge is -2.32. The predicted octanol–water partition coefficient (Wildman–Crippen LogP) is 2.99. The third-order valence-electron chi connectivity index (χ3n) is 4.83. The minimum absolute atomic E-state index is 0.0391. The van der Waals surface area contributed by atoms with E-state index in [1.807, 2.05) is 42.3 Å². The second kappa shape index (κ2) is 8.08. The van der Waals surface area contributed by atoms with Crippen LogP contribution in [0.1, 0.15) is 39.1 Å². The zero-order valence-electron chi connectivity index (χ0n) is 14.6. The molecule has 2 aromatic carbocycles. The molecule has 3 rings (SSSR count). The Morgan fingerprint density at radius 1 is 0.960 bits per heavy atom. The van der Waals surface area contributed by atoms with E-state index in [1.54, 1.807) is 24.3 Å². The van der Waals surface area contributed by atoms with Crippen molar-refractivity contribution in [3.63, 3.8) is 0 Å². The molecule has 4 nitrogen and oxygen atoms in total. The molecule has 1 heterocycles. The van der Waals surface area contributed by atoms with E-state index in [0.29, 0.717) is 22.6 Å². The first kappa shape index (κ1) is 17.4. The molecule has 0 bridgehead atoms. The van der Waals surface area contributed by atoms with Crippen LogP contribution >= 0.6 is 0 Å². The van der Waals surface area contributed by atoms with Gasteiger partial charge in [-0.25, -0.2) is 0 Å². The molecule has 0 atom stereocenters. The molecule has 1 saturated heterocycles. The van der Waals surface area contributed by atoms with Crippen molar-refractivity contribution >= 4 is 11.7 Å². The third-order valence-corrected chi connectivity index (χ3v) is 4.83. The molecule has 25 heavy (non-hydrogen) atoms. The summed E-state index contributed by atoms with van der Waals surface area (Å²) in [5, 5.41) is 3.21. The van der Waals surface area contributed by atoms with E-state index >= 15 is 0 Å². The number of amides is 1. The van der Waals surface area contributed by atoms with Crippen LogP contribution in [0.15, 0.2) is 54.6 Å². The summed E-state index contributed by atoms with van der Waals surface area (Å²) in [7, 11) is 1.96. The number of likely N-dealkylation sites (tertiary alicyclic amines) is 1. The van der Waals surface area contributed by atoms with Crippen LogP contribution in [0.2, 0.25) is 0 Å². The largest absolute Gasteiger partial charge is 0.339 e. The summed E-state index contributed by atoms with van der Waals surface area (Å²) < 4.78 is 0. The fourth-order valence-corrected chi connectivity index (χ4v) is 3.41. The number of ketones is 1. The van der Waals surface area contributed by atoms with E-state index in [0.717, 1.165) is 32.5 Å². The van der Waals surface area contributed by atoms with Gasteiger partial charge in [0.05, 0.1) is 5.56 Å². The number of carbonyl (C=O) groups is 2. The summed E-state index contributed by atoms with van der Waals surface area (Å²) in [4.78, 5) is 27.7. The zero-order chi connectivity index (χ0) is 17.6. The molecule has 1 amide bonds. The van der Waals surface area contributed by atoms with E-state index < -0.39 is 0 Å². The van der Waals surface area contributed by atoms with Gasteiger partial charge in [0.15, 0.2) is 5.78 Å². The van der Waals surface area contributed by atoms with Crippen molar-refractivity contribution < 1.29 is 9.59 Å². The number of nitrogens with zero attached hydrogens (tertiary/aromatic N) is 1. The van der Waals surface area contributed by atoms with Crippen LogP contribution in [0.5, 0.6) is 0 Å². The molecule has 0 saturated carbocycles. The fourth-order valence-electron chi connectivity index (χ4n) is 3.41. The average Bonchev–Trinajstić information content (AvgIpc) is 2.68. The molecule has 0 aliphatic carbocycles. The maximum Gasteiger partial charge on any atom is 0.254 e. The smallest absolute Gasteiger partial charge is 0.254 e. The van der Waals surface area contributed by atoms with Crippen LogP contribution < -0.4 is 5.32 Å². The SMILES string of the molecule is CNCC1CCN(C(=O)c2ccccc2C(=O)c2ccccc2)CC1. The van der Waals surface area contributed by atoms with Gasteiger partial charge in [0.1, 0.15) is 0 Å². The van der Waals surface area contributed by atoms with Crippen molar-refractivity contribution in [3.05, 3.63) is 71.3 Å². The van der Waals surface area contributed by atoms with Gasteiger partial charge in [0, 0.05) is 24.2 Å². The Bertz CT molecular complexity index is 735. The maximum atomic E-state index is 13.0. The standard InChI is InChI=1S/C21H24N2O2/c1-22-15-16-11-13-23(14-12-16)21(25)19-10-6-5-9-18(19)20(24)17-7-3-2-4-8-17/h2-10,16,22H,11-15H2,1H3. The van der Waals surface area contributed by atoms with Gasteiger partial charge in [-0.2, -0.15) is 0 Å². The first-order valence-electron chi connectivity index (χ1n) is 8.83. The van der Waals surface area contributed by atoms with E-state index in [1.165, 1.54) is 0 Å². The lowest BCUT2D eigenvalue weighted by atomic mass is 9.94. The Kier molecular flexibility index (Phi) is 5.61. The van der Waals surface area contributed by atoms with Gasteiger partial charge in [-0.1, -0.05) is 48.5 Å². The van der Waals surface area contributed by atoms with E-state index in [4.69, 9.17) is 0 Å². The van der Waals surface area contributed by atoms with Crippen LogP contribution in [0, 0.1) is 5.92 Å². The summed E-state index contributed by atoms with van der Waals surface area (Å²) in [5.74, 6) is 0.479. The van der Waals surface area contributed by atoms with E-state index in [2.05, 4.69) is 5.32 Å². The number of hydrogen-bond donors (Lipinski definition) is 1. The zero-order valence-corrected chi connectivity index (χ0v) is 14.6. The quantitative estimate of drug-likeness (QED) is 0.854. The number of piperidine rings is 1. The second-order valence-corrected chi connectivity index (χ2v) is 6.53. The maximum absolute atomic E-state index is 13.0. The Morgan fingerprint density at radius 3 is 2.20 bits per heavy atom. The average molecular weight is 336 g/mol. The highest BCUT2D eigenvalue weighted by Crippen LogP contribution is 2.21. The summed E-state index contributed by atoms with van der Waals surface area (Å²) in [5.41, 5.74) is 1.59. The Balaban J connectivity index is 1.79. The summed E-state index contributed by atoms with van der Waals surface area (Å²) in [6.45, 7) is 2.49. The monoisotopic (exact) mass is 336 g/mol. The summed E-state index contributed by atoms with van der Waals surface area (Å²) in [6, 6.07) is 16.3. The molecule has 0 spiro atoms. The molecule has 1 aliphatic heterocycles. The van der Waals surface area contributed by atoms with Gasteiger partial charge in [-0.3, -0.25) is 9.59 Å². The van der Waals surface area contributed by atoms with Gasteiger partial charge in [0.2, 0.25) is 0 Å². The lowest BCUT2D eigenvalue weighted by Crippen LogP contribution is -2.40. The Morgan fingerprint density at radius 2 is 1.56 bits per heavy atom. The van der Waals surface area contributed by atoms with Crippen molar-refractivity contribution in [1.29, 1.82) is 0 Å². The Labute approximate surface area is 148 Å². The lowest BCUT2D eigenvalue weighted by molar-refractivity contribution is 0.0687. The second-order valence-electron chi connectivity index (χ2n) is 6.53. The Hall–Kier alpha value is -2.46. The molecule has 0 unspecified atom stereocenters. The molecule has 0 aromatic heterocycles. The molecular weight excluding hydrogens is 312 g/mol. The summed E-state index contributed by atoms with van der Waals surface area (Å²) >= 11 is 0. The first-order chi connectivity index (χ1) is 12.2. The van der Waals surface area contributed by atoms with E-state index in [-0.39, 0.29) is 11.7 Å². The number of benzene rings is 2. The molecular formula is C21H24N2O2. The number of rotatable bonds is 5. The van der Waals surface area contributed by atoms with Crippen LogP contribution in [0.3, 0.4) is 0 Å². The number of hydrogen-bond acceptors (Lipinski definition) is 3. The first-order valence-corrected chi connectivity index (χ1v) is 8.83. The fraction of sp³-hybridized carbons (Fsp3) is 0.333. The minimum Gasteiger partial charge on any atom is -0.339 e. The van der Waals surface area contributed by atoms with Crippen LogP contribution in [-0.2, 0) is 0 Å². The predicted molar refractivity (Wildman–Crippen MR) is 98.9 cm³/mol. The van der Waals surface area contributed by atoms with Crippen LogP contribution in [0.25, 0.3) is 0 Å². The number of carbonyl (C=O) groups excluding carboxylic acids is 2. The number of nitrogens with one attached hydrogen (secondary N) is 1. The molecule has 0 radical (unpaired) electrons. The highest BCUT2D eigenvalue weighted by atomic mass is 16.2. The van der Waals surface area contributed by atoms with Crippen molar-refractivity contribution in [2.45, 2.75) is 12.8 Å². The minimum atomic E-state index is -0.102. The normalized spacial score (nSPS) is 15.2. The topological polar surface area (TPSA) is 49.4 Å². The van der Waals surface area contributed by atoms with Crippen LogP contribution in [-0.4, -0.2) is 43.3 Å². The molecule has 130 valence electrons. The summed E-state index contributed by atoms with van der Waals surface area (Å²) in [6.07, 6.45) is 2.00. The van der Waals surface area contributed by atoms with Crippen molar-refractivity contribution in [2.24, 2.45) is 5.92 Å². The highest BCUT2D eigenvalue weighted by Gasteiger charge is 2.26. The van der Waals surface area contributed by atoms with Crippen LogP contribution in [0.4, 0.5) is 0 Å². The molecule has 2 aromatic rings. The van der Waals surface area contributed by atoms with Gasteiger partial charge >= 0.3 is 0 Å². The third kappa shape index (κ3) is 3.97. The molecule has 1 N–H and O–H groups in total. The van der Waals surface area contributed by atoms with Gasteiger partial charge in [0.25, 0.3) is 5.91 Å². The van der Waals surface area contributed by atoms with Crippen molar-refractivity contribution in [1.82, 2.24) is 10.2 Å².